The lowest BCUT2D eigenvalue weighted by Crippen LogP contribution is -2.45. The molecule has 3 rings (SSSR count). The lowest BCUT2D eigenvalue weighted by Gasteiger charge is -2.28. The highest BCUT2D eigenvalue weighted by atomic mass is 16.5. The first-order chi connectivity index (χ1) is 14.5. The summed E-state index contributed by atoms with van der Waals surface area (Å²) in [6.45, 7) is 3.27. The number of benzene rings is 1. The van der Waals surface area contributed by atoms with Crippen LogP contribution in [0.3, 0.4) is 0 Å². The molecule has 0 spiro atoms. The SMILES string of the molecule is CCCCN(CC(=O)N(Cc1cccn1C)C1CC1)C(=O)Nc1cccc(OC)c1. The van der Waals surface area contributed by atoms with Crippen molar-refractivity contribution in [3.8, 4) is 5.75 Å². The van der Waals surface area contributed by atoms with E-state index in [2.05, 4.69) is 12.2 Å². The van der Waals surface area contributed by atoms with Gasteiger partial charge in [-0.2, -0.15) is 0 Å². The average molecular weight is 413 g/mol. The quantitative estimate of drug-likeness (QED) is 0.644. The van der Waals surface area contributed by atoms with Gasteiger partial charge in [0.05, 0.1) is 13.7 Å². The van der Waals surface area contributed by atoms with Crippen LogP contribution in [0.1, 0.15) is 38.3 Å². The third-order valence-electron chi connectivity index (χ3n) is 5.41. The Morgan fingerprint density at radius 3 is 2.67 bits per heavy atom. The number of carbonyl (C=O) groups is 2. The van der Waals surface area contributed by atoms with E-state index in [1.165, 1.54) is 0 Å². The summed E-state index contributed by atoms with van der Waals surface area (Å²) in [4.78, 5) is 29.6. The molecule has 1 aromatic carbocycles. The number of anilines is 1. The van der Waals surface area contributed by atoms with Crippen LogP contribution >= 0.6 is 0 Å². The van der Waals surface area contributed by atoms with Crippen LogP contribution in [-0.2, 0) is 18.4 Å². The van der Waals surface area contributed by atoms with Crippen molar-refractivity contribution in [3.05, 3.63) is 48.3 Å². The van der Waals surface area contributed by atoms with Crippen molar-refractivity contribution in [3.63, 3.8) is 0 Å². The fourth-order valence-corrected chi connectivity index (χ4v) is 3.40. The number of hydrogen-bond acceptors (Lipinski definition) is 3. The van der Waals surface area contributed by atoms with E-state index >= 15 is 0 Å². The van der Waals surface area contributed by atoms with Crippen molar-refractivity contribution in [1.82, 2.24) is 14.4 Å². The number of ether oxygens (including phenoxy) is 1. The summed E-state index contributed by atoms with van der Waals surface area (Å²) in [6, 6.07) is 11.3. The molecule has 0 saturated heterocycles. The van der Waals surface area contributed by atoms with Crippen LogP contribution in [-0.4, -0.2) is 52.5 Å². The van der Waals surface area contributed by atoms with E-state index in [4.69, 9.17) is 4.74 Å². The number of rotatable bonds is 10. The molecule has 0 radical (unpaired) electrons. The van der Waals surface area contributed by atoms with Crippen LogP contribution in [0.5, 0.6) is 5.75 Å². The Labute approximate surface area is 178 Å². The zero-order valence-electron chi connectivity index (χ0n) is 18.1. The third kappa shape index (κ3) is 5.78. The molecule has 2 aromatic rings. The van der Waals surface area contributed by atoms with Gasteiger partial charge in [-0.05, 0) is 43.5 Å². The first kappa shape index (κ1) is 21.7. The average Bonchev–Trinajstić information content (AvgIpc) is 3.50. The van der Waals surface area contributed by atoms with Gasteiger partial charge in [-0.1, -0.05) is 19.4 Å². The summed E-state index contributed by atoms with van der Waals surface area (Å²) < 4.78 is 7.26. The molecule has 0 bridgehead atoms. The van der Waals surface area contributed by atoms with E-state index in [0.717, 1.165) is 31.4 Å². The van der Waals surface area contributed by atoms with Crippen LogP contribution in [0, 0.1) is 0 Å². The van der Waals surface area contributed by atoms with Crippen molar-refractivity contribution in [2.45, 2.75) is 45.2 Å². The zero-order valence-corrected chi connectivity index (χ0v) is 18.1. The molecule has 1 aromatic heterocycles. The van der Waals surface area contributed by atoms with Crippen LogP contribution < -0.4 is 10.1 Å². The number of unbranched alkanes of at least 4 members (excludes halogenated alkanes) is 1. The van der Waals surface area contributed by atoms with Crippen molar-refractivity contribution >= 4 is 17.6 Å². The van der Waals surface area contributed by atoms with E-state index in [1.807, 2.05) is 53.0 Å². The Morgan fingerprint density at radius 1 is 1.23 bits per heavy atom. The summed E-state index contributed by atoms with van der Waals surface area (Å²) in [5.41, 5.74) is 1.74. The van der Waals surface area contributed by atoms with Gasteiger partial charge >= 0.3 is 6.03 Å². The van der Waals surface area contributed by atoms with Crippen molar-refractivity contribution < 1.29 is 14.3 Å². The zero-order chi connectivity index (χ0) is 21.5. The van der Waals surface area contributed by atoms with Crippen LogP contribution in [0.15, 0.2) is 42.6 Å². The molecule has 3 amide bonds. The van der Waals surface area contributed by atoms with Gasteiger partial charge < -0.3 is 24.4 Å². The maximum Gasteiger partial charge on any atom is 0.322 e. The first-order valence-electron chi connectivity index (χ1n) is 10.6. The number of hydrogen-bond donors (Lipinski definition) is 1. The normalized spacial score (nSPS) is 13.0. The second-order valence-electron chi connectivity index (χ2n) is 7.80. The number of amides is 3. The first-order valence-corrected chi connectivity index (χ1v) is 10.6. The summed E-state index contributed by atoms with van der Waals surface area (Å²) in [5, 5.41) is 2.90. The molecule has 1 fully saturated rings. The Hall–Kier alpha value is -2.96. The molecule has 1 heterocycles. The number of aromatic nitrogens is 1. The molecule has 30 heavy (non-hydrogen) atoms. The van der Waals surface area contributed by atoms with E-state index < -0.39 is 0 Å². The molecule has 1 N–H and O–H groups in total. The molecule has 7 heteroatoms. The highest BCUT2D eigenvalue weighted by Gasteiger charge is 2.34. The minimum Gasteiger partial charge on any atom is -0.497 e. The molecule has 162 valence electrons. The number of carbonyl (C=O) groups excluding carboxylic acids is 2. The summed E-state index contributed by atoms with van der Waals surface area (Å²) in [6.07, 6.45) is 5.84. The van der Waals surface area contributed by atoms with E-state index in [0.29, 0.717) is 24.5 Å². The predicted molar refractivity (Wildman–Crippen MR) is 117 cm³/mol. The molecule has 1 aliphatic rings. The molecule has 0 aliphatic heterocycles. The van der Waals surface area contributed by atoms with E-state index in [1.54, 1.807) is 18.1 Å². The van der Waals surface area contributed by atoms with Crippen LogP contribution in [0.25, 0.3) is 0 Å². The minimum atomic E-state index is -0.264. The van der Waals surface area contributed by atoms with Gasteiger partial charge in [0.2, 0.25) is 5.91 Å². The number of nitrogens with zero attached hydrogens (tertiary/aromatic N) is 3. The maximum absolute atomic E-state index is 13.2. The minimum absolute atomic E-state index is 0.00408. The summed E-state index contributed by atoms with van der Waals surface area (Å²) in [7, 11) is 3.58. The maximum atomic E-state index is 13.2. The third-order valence-corrected chi connectivity index (χ3v) is 5.41. The van der Waals surface area contributed by atoms with Gasteiger partial charge in [0.15, 0.2) is 0 Å². The van der Waals surface area contributed by atoms with E-state index in [9.17, 15) is 9.59 Å². The number of aryl methyl sites for hydroxylation is 1. The molecule has 0 unspecified atom stereocenters. The predicted octanol–water partition coefficient (Wildman–Crippen LogP) is 3.86. The van der Waals surface area contributed by atoms with E-state index in [-0.39, 0.29) is 24.5 Å². The Morgan fingerprint density at radius 2 is 2.03 bits per heavy atom. The standard InChI is InChI=1S/C23H32N4O3/c1-4-5-14-26(23(29)24-18-8-6-10-21(15-18)30-3)17-22(28)27(19-11-12-19)16-20-9-7-13-25(20)2/h6-10,13,15,19H,4-5,11-12,14,16-17H2,1-3H3,(H,24,29). The second kappa shape index (κ2) is 10.2. The van der Waals surface area contributed by atoms with Gasteiger partial charge in [-0.15, -0.1) is 0 Å². The smallest absolute Gasteiger partial charge is 0.322 e. The lowest BCUT2D eigenvalue weighted by molar-refractivity contribution is -0.133. The van der Waals surface area contributed by atoms with Crippen LogP contribution in [0.4, 0.5) is 10.5 Å². The molecule has 0 atom stereocenters. The Balaban J connectivity index is 1.68. The monoisotopic (exact) mass is 412 g/mol. The Bertz CT molecular complexity index is 860. The second-order valence-corrected chi connectivity index (χ2v) is 7.80. The van der Waals surface area contributed by atoms with Gasteiger partial charge in [0.1, 0.15) is 12.3 Å². The number of nitrogens with one attached hydrogen (secondary N) is 1. The Kier molecular flexibility index (Phi) is 7.38. The van der Waals surface area contributed by atoms with Crippen molar-refractivity contribution in [1.29, 1.82) is 0 Å². The fourth-order valence-electron chi connectivity index (χ4n) is 3.40. The van der Waals surface area contributed by atoms with Gasteiger partial charge in [-0.25, -0.2) is 4.79 Å². The van der Waals surface area contributed by atoms with Gasteiger partial charge in [0.25, 0.3) is 0 Å². The molecule has 1 saturated carbocycles. The molecular weight excluding hydrogens is 380 g/mol. The largest absolute Gasteiger partial charge is 0.497 e. The highest BCUT2D eigenvalue weighted by molar-refractivity contribution is 5.92. The van der Waals surface area contributed by atoms with Gasteiger partial charge in [0, 0.05) is 43.3 Å². The lowest BCUT2D eigenvalue weighted by atomic mass is 10.3. The fraction of sp³-hybridized carbons (Fsp3) is 0.478. The molecule has 7 nitrogen and oxygen atoms in total. The molecule has 1 aliphatic carbocycles. The summed E-state index contributed by atoms with van der Waals surface area (Å²) >= 11 is 0. The molecular formula is C23H32N4O3. The number of urea groups is 1. The van der Waals surface area contributed by atoms with Crippen molar-refractivity contribution in [2.24, 2.45) is 7.05 Å². The van der Waals surface area contributed by atoms with Gasteiger partial charge in [-0.3, -0.25) is 4.79 Å². The van der Waals surface area contributed by atoms with Crippen molar-refractivity contribution in [2.75, 3.05) is 25.5 Å². The highest BCUT2D eigenvalue weighted by Crippen LogP contribution is 2.28. The number of methoxy groups -OCH3 is 1. The summed E-state index contributed by atoms with van der Waals surface area (Å²) in [5.74, 6) is 0.669. The topological polar surface area (TPSA) is 66.8 Å². The van der Waals surface area contributed by atoms with Crippen LogP contribution in [0.2, 0.25) is 0 Å².